The summed E-state index contributed by atoms with van der Waals surface area (Å²) in [6, 6.07) is 0. The molecule has 4 nitrogen and oxygen atoms in total. The van der Waals surface area contributed by atoms with Crippen molar-refractivity contribution < 1.29 is 17.6 Å². The molecule has 1 aromatic heterocycles. The molecule has 2 heterocycles. The van der Waals surface area contributed by atoms with Gasteiger partial charge in [-0.05, 0) is 0 Å². The van der Waals surface area contributed by atoms with Crippen LogP contribution in [0.25, 0.3) is 0 Å². The molecule has 0 spiro atoms. The Balaban J connectivity index is 1.78. The van der Waals surface area contributed by atoms with Gasteiger partial charge in [-0.25, -0.2) is 13.8 Å². The number of thiazole rings is 1. The molecule has 1 aliphatic rings. The van der Waals surface area contributed by atoms with Gasteiger partial charge in [0.15, 0.2) is 5.13 Å². The summed E-state index contributed by atoms with van der Waals surface area (Å²) in [6.45, 7) is 1.63. The summed E-state index contributed by atoms with van der Waals surface area (Å²) in [6.07, 6.45) is -1.92. The van der Waals surface area contributed by atoms with Crippen LogP contribution in [-0.4, -0.2) is 59.9 Å². The first-order chi connectivity index (χ1) is 9.37. The molecule has 1 aliphatic heterocycles. The molecule has 9 heteroatoms. The number of alkyl halides is 4. The van der Waals surface area contributed by atoms with E-state index in [2.05, 4.69) is 9.88 Å². The second-order valence-electron chi connectivity index (χ2n) is 4.78. The number of piperazine rings is 1. The lowest BCUT2D eigenvalue weighted by atomic mass is 10.2. The van der Waals surface area contributed by atoms with Gasteiger partial charge >= 0.3 is 12.3 Å². The number of nitrogen functional groups attached to an aromatic ring is 1. The summed E-state index contributed by atoms with van der Waals surface area (Å²) >= 11 is 1.39. The first-order valence-corrected chi connectivity index (χ1v) is 6.99. The highest BCUT2D eigenvalue weighted by Gasteiger charge is 2.42. The van der Waals surface area contributed by atoms with Gasteiger partial charge in [-0.15, -0.1) is 11.3 Å². The minimum Gasteiger partial charge on any atom is -0.375 e. The molecule has 1 fully saturated rings. The molecule has 0 amide bonds. The zero-order valence-corrected chi connectivity index (χ0v) is 11.6. The highest BCUT2D eigenvalue weighted by Crippen LogP contribution is 2.25. The Morgan fingerprint density at radius 2 is 1.85 bits per heavy atom. The number of nitrogens with two attached hydrogens (primary N) is 1. The number of rotatable bonds is 5. The minimum atomic E-state index is -3.94. The van der Waals surface area contributed by atoms with Crippen molar-refractivity contribution in [3.63, 3.8) is 0 Å². The average molecular weight is 312 g/mol. The van der Waals surface area contributed by atoms with E-state index in [0.29, 0.717) is 37.9 Å². The summed E-state index contributed by atoms with van der Waals surface area (Å²) in [5.74, 6) is -3.94. The van der Waals surface area contributed by atoms with Crippen molar-refractivity contribution in [1.29, 1.82) is 0 Å². The molecular weight excluding hydrogens is 296 g/mol. The van der Waals surface area contributed by atoms with Crippen LogP contribution >= 0.6 is 11.3 Å². The maximum atomic E-state index is 13.0. The Morgan fingerprint density at radius 1 is 1.25 bits per heavy atom. The van der Waals surface area contributed by atoms with Crippen molar-refractivity contribution in [3.8, 4) is 0 Å². The topological polar surface area (TPSA) is 45.4 Å². The highest BCUT2D eigenvalue weighted by molar-refractivity contribution is 7.15. The van der Waals surface area contributed by atoms with Gasteiger partial charge in [0.1, 0.15) is 0 Å². The second-order valence-corrected chi connectivity index (χ2v) is 5.93. The highest BCUT2D eigenvalue weighted by atomic mass is 32.1. The quantitative estimate of drug-likeness (QED) is 0.841. The fourth-order valence-electron chi connectivity index (χ4n) is 2.09. The largest absolute Gasteiger partial charge is 0.375 e. The van der Waals surface area contributed by atoms with Crippen LogP contribution in [0, 0.1) is 0 Å². The van der Waals surface area contributed by atoms with Crippen LogP contribution in [-0.2, 0) is 6.54 Å². The summed E-state index contributed by atoms with van der Waals surface area (Å²) in [4.78, 5) is 8.40. The summed E-state index contributed by atoms with van der Waals surface area (Å²) in [5.41, 5.74) is 5.53. The Labute approximate surface area is 118 Å². The van der Waals surface area contributed by atoms with E-state index in [4.69, 9.17) is 5.73 Å². The molecule has 2 rings (SSSR count). The second kappa shape index (κ2) is 6.23. The SMILES string of the molecule is Nc1ncc(CN2CCN(CC(F)(F)C(F)F)CC2)s1. The van der Waals surface area contributed by atoms with E-state index < -0.39 is 18.9 Å². The van der Waals surface area contributed by atoms with Crippen molar-refractivity contribution in [3.05, 3.63) is 11.1 Å². The predicted molar refractivity (Wildman–Crippen MR) is 69.2 cm³/mol. The number of anilines is 1. The number of hydrogen-bond acceptors (Lipinski definition) is 5. The molecular formula is C11H16F4N4S. The van der Waals surface area contributed by atoms with Crippen molar-refractivity contribution in [2.45, 2.75) is 18.9 Å². The van der Waals surface area contributed by atoms with E-state index in [1.807, 2.05) is 0 Å². The normalized spacial score (nSPS) is 18.9. The Kier molecular flexibility index (Phi) is 4.82. The van der Waals surface area contributed by atoms with Gasteiger partial charge in [-0.2, -0.15) is 8.78 Å². The molecule has 1 aromatic rings. The summed E-state index contributed by atoms with van der Waals surface area (Å²) in [5, 5.41) is 0.496. The lowest BCUT2D eigenvalue weighted by Crippen LogP contribution is -2.51. The Hall–Kier alpha value is -0.930. The third-order valence-electron chi connectivity index (χ3n) is 3.17. The monoisotopic (exact) mass is 312 g/mol. The maximum Gasteiger partial charge on any atom is 0.319 e. The molecule has 0 bridgehead atoms. The zero-order valence-electron chi connectivity index (χ0n) is 10.7. The Morgan fingerprint density at radius 3 is 2.35 bits per heavy atom. The van der Waals surface area contributed by atoms with Crippen LogP contribution in [0.3, 0.4) is 0 Å². The van der Waals surface area contributed by atoms with Crippen LogP contribution in [0.5, 0.6) is 0 Å². The summed E-state index contributed by atoms with van der Waals surface area (Å²) in [7, 11) is 0. The fraction of sp³-hybridized carbons (Fsp3) is 0.727. The Bertz CT molecular complexity index is 432. The molecule has 20 heavy (non-hydrogen) atoms. The predicted octanol–water partition coefficient (Wildman–Crippen LogP) is 1.74. The van der Waals surface area contributed by atoms with Crippen LogP contribution in [0.15, 0.2) is 6.20 Å². The van der Waals surface area contributed by atoms with Crippen molar-refractivity contribution in [2.24, 2.45) is 0 Å². The van der Waals surface area contributed by atoms with Crippen LogP contribution in [0.1, 0.15) is 4.88 Å². The van der Waals surface area contributed by atoms with E-state index in [1.165, 1.54) is 16.2 Å². The van der Waals surface area contributed by atoms with Gasteiger partial charge < -0.3 is 5.73 Å². The van der Waals surface area contributed by atoms with Gasteiger partial charge in [0.25, 0.3) is 0 Å². The molecule has 2 N–H and O–H groups in total. The van der Waals surface area contributed by atoms with Gasteiger partial charge in [-0.3, -0.25) is 9.80 Å². The third kappa shape index (κ3) is 4.03. The number of aromatic nitrogens is 1. The number of halogens is 4. The van der Waals surface area contributed by atoms with Gasteiger partial charge in [0, 0.05) is 43.8 Å². The van der Waals surface area contributed by atoms with Crippen LogP contribution < -0.4 is 5.73 Å². The summed E-state index contributed by atoms with van der Waals surface area (Å²) < 4.78 is 50.2. The van der Waals surface area contributed by atoms with Gasteiger partial charge in [-0.1, -0.05) is 0 Å². The number of hydrogen-bond donors (Lipinski definition) is 1. The zero-order chi connectivity index (χ0) is 14.8. The van der Waals surface area contributed by atoms with E-state index >= 15 is 0 Å². The van der Waals surface area contributed by atoms with Crippen molar-refractivity contribution >= 4 is 16.5 Å². The van der Waals surface area contributed by atoms with Crippen LogP contribution in [0.4, 0.5) is 22.7 Å². The van der Waals surface area contributed by atoms with E-state index in [-0.39, 0.29) is 0 Å². The number of nitrogens with zero attached hydrogens (tertiary/aromatic N) is 3. The van der Waals surface area contributed by atoms with Crippen molar-refractivity contribution in [2.75, 3.05) is 38.5 Å². The smallest absolute Gasteiger partial charge is 0.319 e. The molecule has 0 atom stereocenters. The van der Waals surface area contributed by atoms with Crippen molar-refractivity contribution in [1.82, 2.24) is 14.8 Å². The minimum absolute atomic E-state index is 0.358. The molecule has 1 saturated heterocycles. The van der Waals surface area contributed by atoms with Gasteiger partial charge in [0.05, 0.1) is 6.54 Å². The first kappa shape index (κ1) is 15.5. The average Bonchev–Trinajstić information content (AvgIpc) is 2.77. The molecule has 0 aromatic carbocycles. The van der Waals surface area contributed by atoms with E-state index in [1.54, 1.807) is 6.20 Å². The van der Waals surface area contributed by atoms with Gasteiger partial charge in [0.2, 0.25) is 0 Å². The molecule has 0 aliphatic carbocycles. The van der Waals surface area contributed by atoms with Crippen LogP contribution in [0.2, 0.25) is 0 Å². The molecule has 0 unspecified atom stereocenters. The van der Waals surface area contributed by atoms with E-state index in [0.717, 1.165) is 4.88 Å². The third-order valence-corrected chi connectivity index (χ3v) is 3.98. The molecule has 114 valence electrons. The lowest BCUT2D eigenvalue weighted by Gasteiger charge is -2.35. The molecule has 0 radical (unpaired) electrons. The van der Waals surface area contributed by atoms with E-state index in [9.17, 15) is 17.6 Å². The lowest BCUT2D eigenvalue weighted by molar-refractivity contribution is -0.145. The molecule has 0 saturated carbocycles. The standard InChI is InChI=1S/C11H16F4N4S/c12-9(13)11(14,15)7-19-3-1-18(2-4-19)6-8-5-17-10(16)20-8/h5,9H,1-4,6-7H2,(H2,16,17). The fourth-order valence-corrected chi connectivity index (χ4v) is 2.82. The maximum absolute atomic E-state index is 13.0. The first-order valence-electron chi connectivity index (χ1n) is 6.17.